The molecule has 1 rings (SSSR count). The minimum absolute atomic E-state index is 0.0188. The Bertz CT molecular complexity index is 823. The molecule has 1 aliphatic heterocycles. The van der Waals surface area contributed by atoms with Crippen LogP contribution in [0.2, 0.25) is 0 Å². The molecule has 3 amide bonds. The van der Waals surface area contributed by atoms with E-state index in [4.69, 9.17) is 4.74 Å². The molecule has 9 nitrogen and oxygen atoms in total. The fourth-order valence-corrected chi connectivity index (χ4v) is 4.83. The number of rotatable bonds is 12. The number of hydrogen-bond donors (Lipinski definition) is 1. The quantitative estimate of drug-likeness (QED) is 0.313. The van der Waals surface area contributed by atoms with Gasteiger partial charge in [-0.1, -0.05) is 40.2 Å². The standard InChI is InChI=1S/C28H50N4O5/c1-11-37-24(33)17-30(9)27(35)21(8)16-23(18(2)3)31(10)28(36)25(19(4)5)29-26(34)22-14-12-13-15-32(22)20(6)7/h16,18-20,22-23,25H,11-15,17H2,1-10H3,(H,29,34)/b21-16+/t22-,23?,25+/m1/s1. The van der Waals surface area contributed by atoms with E-state index in [-0.39, 0.29) is 60.8 Å². The Morgan fingerprint density at radius 1 is 1.03 bits per heavy atom. The summed E-state index contributed by atoms with van der Waals surface area (Å²) in [4.78, 5) is 56.8. The van der Waals surface area contributed by atoms with Gasteiger partial charge in [-0.3, -0.25) is 24.1 Å². The van der Waals surface area contributed by atoms with Crippen molar-refractivity contribution in [1.29, 1.82) is 0 Å². The van der Waals surface area contributed by atoms with Gasteiger partial charge in [0.1, 0.15) is 12.6 Å². The van der Waals surface area contributed by atoms with Gasteiger partial charge in [0.15, 0.2) is 0 Å². The van der Waals surface area contributed by atoms with Gasteiger partial charge in [0, 0.05) is 25.7 Å². The number of hydrogen-bond acceptors (Lipinski definition) is 6. The predicted molar refractivity (Wildman–Crippen MR) is 146 cm³/mol. The highest BCUT2D eigenvalue weighted by Crippen LogP contribution is 2.21. The van der Waals surface area contributed by atoms with E-state index in [0.29, 0.717) is 5.57 Å². The number of esters is 1. The van der Waals surface area contributed by atoms with Crippen LogP contribution >= 0.6 is 0 Å². The third-order valence-electron chi connectivity index (χ3n) is 6.99. The molecule has 0 aromatic heterocycles. The number of piperidine rings is 1. The third-order valence-corrected chi connectivity index (χ3v) is 6.99. The van der Waals surface area contributed by atoms with Crippen molar-refractivity contribution in [3.8, 4) is 0 Å². The van der Waals surface area contributed by atoms with Crippen LogP contribution in [0.15, 0.2) is 11.6 Å². The molecular formula is C28H50N4O5. The van der Waals surface area contributed by atoms with Crippen molar-refractivity contribution in [2.75, 3.05) is 33.8 Å². The number of nitrogens with one attached hydrogen (secondary N) is 1. The minimum atomic E-state index is -0.675. The van der Waals surface area contributed by atoms with Gasteiger partial charge < -0.3 is 19.9 Å². The zero-order chi connectivity index (χ0) is 28.4. The molecule has 1 heterocycles. The molecule has 1 saturated heterocycles. The lowest BCUT2D eigenvalue weighted by molar-refractivity contribution is -0.147. The fourth-order valence-electron chi connectivity index (χ4n) is 4.83. The van der Waals surface area contributed by atoms with E-state index >= 15 is 0 Å². The summed E-state index contributed by atoms with van der Waals surface area (Å²) in [5, 5.41) is 3.05. The van der Waals surface area contributed by atoms with Gasteiger partial charge in [0.2, 0.25) is 17.7 Å². The molecule has 3 atom stereocenters. The number of likely N-dealkylation sites (N-methyl/N-ethyl adjacent to an activating group) is 2. The molecule has 1 aliphatic rings. The first-order valence-corrected chi connectivity index (χ1v) is 13.6. The van der Waals surface area contributed by atoms with Crippen LogP contribution in [0.3, 0.4) is 0 Å². The number of likely N-dealkylation sites (tertiary alicyclic amines) is 1. The van der Waals surface area contributed by atoms with Crippen LogP contribution < -0.4 is 5.32 Å². The van der Waals surface area contributed by atoms with E-state index in [2.05, 4.69) is 24.1 Å². The minimum Gasteiger partial charge on any atom is -0.465 e. The van der Waals surface area contributed by atoms with E-state index < -0.39 is 12.0 Å². The first kappa shape index (κ1) is 32.6. The molecule has 0 aromatic carbocycles. The van der Waals surface area contributed by atoms with Crippen LogP contribution in [0.1, 0.15) is 74.7 Å². The maximum atomic E-state index is 13.7. The molecule has 37 heavy (non-hydrogen) atoms. The Kier molecular flexibility index (Phi) is 13.3. The fraction of sp³-hybridized carbons (Fsp3) is 0.786. The van der Waals surface area contributed by atoms with Crippen molar-refractivity contribution in [2.45, 2.75) is 98.8 Å². The Morgan fingerprint density at radius 2 is 1.65 bits per heavy atom. The maximum absolute atomic E-state index is 13.7. The van der Waals surface area contributed by atoms with Crippen LogP contribution in [0.5, 0.6) is 0 Å². The van der Waals surface area contributed by atoms with E-state index in [1.54, 1.807) is 38.9 Å². The molecule has 1 N–H and O–H groups in total. The summed E-state index contributed by atoms with van der Waals surface area (Å²) < 4.78 is 4.93. The summed E-state index contributed by atoms with van der Waals surface area (Å²) in [7, 11) is 3.26. The van der Waals surface area contributed by atoms with Gasteiger partial charge in [-0.2, -0.15) is 0 Å². The van der Waals surface area contributed by atoms with Crippen molar-refractivity contribution in [2.24, 2.45) is 11.8 Å². The Morgan fingerprint density at radius 3 is 2.16 bits per heavy atom. The highest BCUT2D eigenvalue weighted by molar-refractivity contribution is 5.95. The first-order chi connectivity index (χ1) is 17.2. The highest BCUT2D eigenvalue weighted by Gasteiger charge is 2.36. The van der Waals surface area contributed by atoms with Crippen LogP contribution in [0.4, 0.5) is 0 Å². The Hall–Kier alpha value is -2.42. The van der Waals surface area contributed by atoms with Gasteiger partial charge in [0.25, 0.3) is 0 Å². The largest absolute Gasteiger partial charge is 0.465 e. The van der Waals surface area contributed by atoms with Gasteiger partial charge in [-0.15, -0.1) is 0 Å². The van der Waals surface area contributed by atoms with Crippen LogP contribution in [-0.4, -0.2) is 96.3 Å². The number of carbonyl (C=O) groups is 4. The molecule has 0 aliphatic carbocycles. The van der Waals surface area contributed by atoms with Gasteiger partial charge in [-0.25, -0.2) is 0 Å². The van der Waals surface area contributed by atoms with Crippen molar-refractivity contribution in [3.63, 3.8) is 0 Å². The van der Waals surface area contributed by atoms with Crippen molar-refractivity contribution in [3.05, 3.63) is 11.6 Å². The van der Waals surface area contributed by atoms with E-state index in [0.717, 1.165) is 25.8 Å². The zero-order valence-corrected chi connectivity index (χ0v) is 24.7. The normalized spacial score (nSPS) is 18.5. The Balaban J connectivity index is 3.06. The van der Waals surface area contributed by atoms with Crippen molar-refractivity contribution < 1.29 is 23.9 Å². The second-order valence-corrected chi connectivity index (χ2v) is 11.1. The highest BCUT2D eigenvalue weighted by atomic mass is 16.5. The second kappa shape index (κ2) is 15.1. The number of ether oxygens (including phenoxy) is 1. The van der Waals surface area contributed by atoms with Gasteiger partial charge >= 0.3 is 5.97 Å². The molecule has 9 heteroatoms. The molecule has 0 bridgehead atoms. The Labute approximate surface area is 223 Å². The molecule has 0 radical (unpaired) electrons. The third kappa shape index (κ3) is 9.43. The molecule has 0 spiro atoms. The summed E-state index contributed by atoms with van der Waals surface area (Å²) in [6, 6.07) is -1.02. The summed E-state index contributed by atoms with van der Waals surface area (Å²) in [5.41, 5.74) is 0.435. The smallest absolute Gasteiger partial charge is 0.325 e. The average Bonchev–Trinajstić information content (AvgIpc) is 2.83. The van der Waals surface area contributed by atoms with Crippen molar-refractivity contribution >= 4 is 23.7 Å². The number of carbonyl (C=O) groups excluding carboxylic acids is 4. The summed E-state index contributed by atoms with van der Waals surface area (Å²) in [6.45, 7) is 16.4. The van der Waals surface area contributed by atoms with E-state index in [1.807, 2.05) is 27.7 Å². The molecule has 1 unspecified atom stereocenters. The van der Waals surface area contributed by atoms with Crippen LogP contribution in [0, 0.1) is 11.8 Å². The lowest BCUT2D eigenvalue weighted by Crippen LogP contribution is -2.58. The molecular weight excluding hydrogens is 472 g/mol. The zero-order valence-electron chi connectivity index (χ0n) is 24.7. The number of nitrogens with zero attached hydrogens (tertiary/aromatic N) is 3. The predicted octanol–water partition coefficient (Wildman–Crippen LogP) is 2.84. The van der Waals surface area contributed by atoms with Gasteiger partial charge in [-0.05, 0) is 58.9 Å². The van der Waals surface area contributed by atoms with Crippen LogP contribution in [-0.2, 0) is 23.9 Å². The number of amides is 3. The summed E-state index contributed by atoms with van der Waals surface area (Å²) in [5.74, 6) is -1.15. The first-order valence-electron chi connectivity index (χ1n) is 13.6. The molecule has 0 saturated carbocycles. The summed E-state index contributed by atoms with van der Waals surface area (Å²) >= 11 is 0. The molecule has 1 fully saturated rings. The monoisotopic (exact) mass is 522 g/mol. The van der Waals surface area contributed by atoms with Crippen LogP contribution in [0.25, 0.3) is 0 Å². The maximum Gasteiger partial charge on any atom is 0.325 e. The SMILES string of the molecule is CCOC(=O)CN(C)C(=O)/C(C)=C/C(C(C)C)N(C)C(=O)[C@@H](NC(=O)[C@H]1CCCCN1C(C)C)C(C)C. The average molecular weight is 523 g/mol. The van der Waals surface area contributed by atoms with E-state index in [1.165, 1.54) is 4.90 Å². The summed E-state index contributed by atoms with van der Waals surface area (Å²) in [6.07, 6.45) is 4.64. The second-order valence-electron chi connectivity index (χ2n) is 11.1. The lowest BCUT2D eigenvalue weighted by Gasteiger charge is -2.39. The van der Waals surface area contributed by atoms with Crippen molar-refractivity contribution in [1.82, 2.24) is 20.0 Å². The molecule has 212 valence electrons. The topological polar surface area (TPSA) is 99.3 Å². The van der Waals surface area contributed by atoms with Gasteiger partial charge in [0.05, 0.1) is 18.7 Å². The van der Waals surface area contributed by atoms with E-state index in [9.17, 15) is 19.2 Å². The molecule has 0 aromatic rings. The lowest BCUT2D eigenvalue weighted by atomic mass is 9.95.